The Labute approximate surface area is 106 Å². The number of carbonyl (C=O) groups excluding carboxylic acids is 2. The number of rotatable bonds is 2. The number of aryl methyl sites for hydroxylation is 1. The van der Waals surface area contributed by atoms with Crippen LogP contribution >= 0.6 is 0 Å². The minimum atomic E-state index is -0.364. The Morgan fingerprint density at radius 2 is 1.78 bits per heavy atom. The van der Waals surface area contributed by atoms with Gasteiger partial charge in [-0.1, -0.05) is 29.8 Å². The highest BCUT2D eigenvalue weighted by molar-refractivity contribution is 5.98. The van der Waals surface area contributed by atoms with Gasteiger partial charge in [-0.05, 0) is 26.3 Å². The zero-order chi connectivity index (χ0) is 13.3. The molecule has 0 saturated heterocycles. The van der Waals surface area contributed by atoms with E-state index in [1.165, 1.54) is 6.92 Å². The molecule has 4 nitrogen and oxygen atoms in total. The normalized spacial score (nSPS) is 19.3. The number of ketones is 1. The van der Waals surface area contributed by atoms with E-state index in [1.807, 2.05) is 31.2 Å². The van der Waals surface area contributed by atoms with Crippen LogP contribution in [0.1, 0.15) is 31.0 Å². The third-order valence-electron chi connectivity index (χ3n) is 3.06. The van der Waals surface area contributed by atoms with Gasteiger partial charge >= 0.3 is 6.03 Å². The molecular formula is C14H16N2O2. The van der Waals surface area contributed by atoms with Crippen LogP contribution in [0.3, 0.4) is 0 Å². The average molecular weight is 244 g/mol. The van der Waals surface area contributed by atoms with Crippen molar-refractivity contribution in [2.24, 2.45) is 0 Å². The SMILES string of the molecule is CC(=O)C1=C(C)NC(=O)N[C@@H]1c1ccc(C)cc1. The molecule has 0 radical (unpaired) electrons. The lowest BCUT2D eigenvalue weighted by molar-refractivity contribution is -0.114. The van der Waals surface area contributed by atoms with E-state index in [4.69, 9.17) is 0 Å². The van der Waals surface area contributed by atoms with Crippen molar-refractivity contribution in [2.45, 2.75) is 26.8 Å². The number of hydrogen-bond donors (Lipinski definition) is 2. The predicted octanol–water partition coefficient (Wildman–Crippen LogP) is 2.21. The minimum absolute atomic E-state index is 0.0365. The van der Waals surface area contributed by atoms with Crippen LogP contribution in [0.25, 0.3) is 0 Å². The maximum absolute atomic E-state index is 11.7. The number of amides is 2. The van der Waals surface area contributed by atoms with Crippen LogP contribution in [0, 0.1) is 6.92 Å². The van der Waals surface area contributed by atoms with E-state index < -0.39 is 0 Å². The fourth-order valence-electron chi connectivity index (χ4n) is 2.17. The zero-order valence-electron chi connectivity index (χ0n) is 10.7. The summed E-state index contributed by atoms with van der Waals surface area (Å²) in [6.45, 7) is 5.26. The summed E-state index contributed by atoms with van der Waals surface area (Å²) in [5, 5.41) is 5.42. The van der Waals surface area contributed by atoms with Gasteiger partial charge in [0.05, 0.1) is 6.04 Å². The number of hydrogen-bond acceptors (Lipinski definition) is 2. The number of Topliss-reactive ketones (excluding diaryl/α,β-unsaturated/α-hetero) is 1. The van der Waals surface area contributed by atoms with Crippen LogP contribution in [0.2, 0.25) is 0 Å². The lowest BCUT2D eigenvalue weighted by Gasteiger charge is -2.28. The summed E-state index contributed by atoms with van der Waals surface area (Å²) in [6.07, 6.45) is 0. The lowest BCUT2D eigenvalue weighted by atomic mass is 9.93. The second kappa shape index (κ2) is 4.64. The molecule has 94 valence electrons. The Morgan fingerprint density at radius 1 is 1.17 bits per heavy atom. The number of urea groups is 1. The number of allylic oxidation sites excluding steroid dienone is 1. The lowest BCUT2D eigenvalue weighted by Crippen LogP contribution is -2.44. The van der Waals surface area contributed by atoms with Gasteiger partial charge in [-0.2, -0.15) is 0 Å². The summed E-state index contributed by atoms with van der Waals surface area (Å²) in [7, 11) is 0. The van der Waals surface area contributed by atoms with E-state index in [0.29, 0.717) is 11.3 Å². The largest absolute Gasteiger partial charge is 0.327 e. The van der Waals surface area contributed by atoms with Crippen LogP contribution in [0.5, 0.6) is 0 Å². The van der Waals surface area contributed by atoms with Crippen molar-refractivity contribution < 1.29 is 9.59 Å². The molecule has 2 rings (SSSR count). The topological polar surface area (TPSA) is 58.2 Å². The molecule has 0 bridgehead atoms. The van der Waals surface area contributed by atoms with Gasteiger partial charge in [0.25, 0.3) is 0 Å². The van der Waals surface area contributed by atoms with Gasteiger partial charge in [-0.3, -0.25) is 4.79 Å². The van der Waals surface area contributed by atoms with Gasteiger partial charge < -0.3 is 10.6 Å². The fraction of sp³-hybridized carbons (Fsp3) is 0.286. The molecule has 1 atom stereocenters. The molecule has 1 aliphatic heterocycles. The maximum atomic E-state index is 11.7. The van der Waals surface area contributed by atoms with E-state index in [-0.39, 0.29) is 17.9 Å². The van der Waals surface area contributed by atoms with Crippen molar-refractivity contribution in [3.63, 3.8) is 0 Å². The van der Waals surface area contributed by atoms with E-state index in [2.05, 4.69) is 10.6 Å². The van der Waals surface area contributed by atoms with Crippen LogP contribution in [0.4, 0.5) is 4.79 Å². The Hall–Kier alpha value is -2.10. The minimum Gasteiger partial charge on any atom is -0.327 e. The van der Waals surface area contributed by atoms with E-state index in [0.717, 1.165) is 11.1 Å². The quantitative estimate of drug-likeness (QED) is 0.838. The Kier molecular flexibility index (Phi) is 3.19. The zero-order valence-corrected chi connectivity index (χ0v) is 10.7. The van der Waals surface area contributed by atoms with Gasteiger partial charge in [0, 0.05) is 11.3 Å². The first-order valence-corrected chi connectivity index (χ1v) is 5.85. The van der Waals surface area contributed by atoms with Crippen molar-refractivity contribution in [3.8, 4) is 0 Å². The molecule has 0 aliphatic carbocycles. The van der Waals surface area contributed by atoms with Crippen molar-refractivity contribution in [1.29, 1.82) is 0 Å². The summed E-state index contributed by atoms with van der Waals surface area (Å²) in [5.74, 6) is -0.0365. The average Bonchev–Trinajstić information content (AvgIpc) is 2.28. The highest BCUT2D eigenvalue weighted by atomic mass is 16.2. The van der Waals surface area contributed by atoms with Crippen molar-refractivity contribution in [1.82, 2.24) is 10.6 Å². The number of nitrogens with one attached hydrogen (secondary N) is 2. The van der Waals surface area contributed by atoms with Crippen molar-refractivity contribution in [2.75, 3.05) is 0 Å². The first-order valence-electron chi connectivity index (χ1n) is 5.85. The van der Waals surface area contributed by atoms with Gasteiger partial charge in [-0.15, -0.1) is 0 Å². The third-order valence-corrected chi connectivity index (χ3v) is 3.06. The Bertz CT molecular complexity index is 529. The number of benzene rings is 1. The molecule has 1 heterocycles. The first-order chi connectivity index (χ1) is 8.49. The summed E-state index contributed by atoms with van der Waals surface area (Å²) < 4.78 is 0. The highest BCUT2D eigenvalue weighted by Crippen LogP contribution is 2.27. The van der Waals surface area contributed by atoms with Gasteiger partial charge in [0.1, 0.15) is 0 Å². The molecule has 0 aromatic heterocycles. The molecule has 0 saturated carbocycles. The predicted molar refractivity (Wildman–Crippen MR) is 69.0 cm³/mol. The smallest absolute Gasteiger partial charge is 0.319 e. The van der Waals surface area contributed by atoms with E-state index in [1.54, 1.807) is 6.92 Å². The van der Waals surface area contributed by atoms with Gasteiger partial charge in [0.2, 0.25) is 0 Å². The second-order valence-corrected chi connectivity index (χ2v) is 4.54. The third kappa shape index (κ3) is 2.27. The molecule has 1 aromatic rings. The molecule has 18 heavy (non-hydrogen) atoms. The Balaban J connectivity index is 2.46. The van der Waals surface area contributed by atoms with Gasteiger partial charge in [-0.25, -0.2) is 4.79 Å². The first kappa shape index (κ1) is 12.4. The van der Waals surface area contributed by atoms with Crippen LogP contribution in [0.15, 0.2) is 35.5 Å². The van der Waals surface area contributed by atoms with Crippen LogP contribution in [-0.4, -0.2) is 11.8 Å². The highest BCUT2D eigenvalue weighted by Gasteiger charge is 2.28. The van der Waals surface area contributed by atoms with Crippen molar-refractivity contribution >= 4 is 11.8 Å². The molecular weight excluding hydrogens is 228 g/mol. The molecule has 1 aliphatic rings. The van der Waals surface area contributed by atoms with E-state index >= 15 is 0 Å². The summed E-state index contributed by atoms with van der Waals surface area (Å²) in [4.78, 5) is 23.2. The maximum Gasteiger partial charge on any atom is 0.319 e. The van der Waals surface area contributed by atoms with Crippen LogP contribution in [-0.2, 0) is 4.79 Å². The molecule has 2 amide bonds. The number of carbonyl (C=O) groups is 2. The van der Waals surface area contributed by atoms with Gasteiger partial charge in [0.15, 0.2) is 5.78 Å². The second-order valence-electron chi connectivity index (χ2n) is 4.54. The summed E-state index contributed by atoms with van der Waals surface area (Å²) in [5.41, 5.74) is 3.29. The van der Waals surface area contributed by atoms with Crippen LogP contribution < -0.4 is 10.6 Å². The standard InChI is InChI=1S/C14H16N2O2/c1-8-4-6-11(7-5-8)13-12(10(3)17)9(2)15-14(18)16-13/h4-7,13H,1-3H3,(H2,15,16,18)/t13-/m1/s1. The molecule has 1 aromatic carbocycles. The van der Waals surface area contributed by atoms with Crippen molar-refractivity contribution in [3.05, 3.63) is 46.7 Å². The monoisotopic (exact) mass is 244 g/mol. The summed E-state index contributed by atoms with van der Waals surface area (Å²) >= 11 is 0. The molecule has 4 heteroatoms. The molecule has 2 N–H and O–H groups in total. The fourth-order valence-corrected chi connectivity index (χ4v) is 2.17. The Morgan fingerprint density at radius 3 is 2.33 bits per heavy atom. The molecule has 0 fully saturated rings. The molecule has 0 unspecified atom stereocenters. The molecule has 0 spiro atoms. The summed E-state index contributed by atoms with van der Waals surface area (Å²) in [6, 6.07) is 7.16. The van der Waals surface area contributed by atoms with E-state index in [9.17, 15) is 9.59 Å².